The number of ether oxygens (including phenoxy) is 2. The number of rotatable bonds is 5. The van der Waals surface area contributed by atoms with Crippen LogP contribution >= 0.6 is 0 Å². The monoisotopic (exact) mass is 239 g/mol. The number of benzene rings is 1. The molecule has 3 N–H and O–H groups in total. The molecule has 1 unspecified atom stereocenters. The molecule has 0 saturated carbocycles. The zero-order valence-electron chi connectivity index (χ0n) is 10.9. The highest BCUT2D eigenvalue weighted by molar-refractivity contribution is 5.51. The van der Waals surface area contributed by atoms with Gasteiger partial charge in [-0.3, -0.25) is 0 Å². The van der Waals surface area contributed by atoms with Crippen molar-refractivity contribution in [1.29, 1.82) is 0 Å². The Labute approximate surface area is 102 Å². The Morgan fingerprint density at radius 2 is 1.88 bits per heavy atom. The van der Waals surface area contributed by atoms with Crippen molar-refractivity contribution in [2.75, 3.05) is 20.8 Å². The van der Waals surface area contributed by atoms with Crippen molar-refractivity contribution in [3.05, 3.63) is 23.3 Å². The summed E-state index contributed by atoms with van der Waals surface area (Å²) in [6.45, 7) is 4.32. The maximum Gasteiger partial charge on any atom is 0.166 e. The number of methoxy groups -OCH3 is 2. The van der Waals surface area contributed by atoms with Crippen LogP contribution in [0.1, 0.15) is 37.0 Å². The molecule has 17 heavy (non-hydrogen) atoms. The lowest BCUT2D eigenvalue weighted by Gasteiger charge is -2.19. The van der Waals surface area contributed by atoms with Crippen LogP contribution in [-0.2, 0) is 0 Å². The largest absolute Gasteiger partial charge is 0.493 e. The molecule has 0 amide bonds. The average molecular weight is 239 g/mol. The van der Waals surface area contributed by atoms with Crippen LogP contribution in [0.3, 0.4) is 0 Å². The van der Waals surface area contributed by atoms with E-state index in [0.29, 0.717) is 23.0 Å². The normalized spacial score (nSPS) is 12.6. The van der Waals surface area contributed by atoms with Gasteiger partial charge in [0, 0.05) is 12.1 Å². The molecule has 0 radical (unpaired) electrons. The second kappa shape index (κ2) is 5.89. The summed E-state index contributed by atoms with van der Waals surface area (Å²) in [5.74, 6) is 1.52. The van der Waals surface area contributed by atoms with Crippen molar-refractivity contribution in [2.24, 2.45) is 5.73 Å². The van der Waals surface area contributed by atoms with Crippen LogP contribution in [-0.4, -0.2) is 25.9 Å². The van der Waals surface area contributed by atoms with Crippen LogP contribution in [0.4, 0.5) is 0 Å². The maximum absolute atomic E-state index is 9.91. The first-order chi connectivity index (χ1) is 8.04. The third kappa shape index (κ3) is 2.90. The van der Waals surface area contributed by atoms with Crippen molar-refractivity contribution in [3.8, 4) is 11.5 Å². The molecule has 1 aromatic carbocycles. The van der Waals surface area contributed by atoms with Crippen molar-refractivity contribution in [1.82, 2.24) is 0 Å². The van der Waals surface area contributed by atoms with E-state index in [9.17, 15) is 5.11 Å². The molecule has 1 rings (SSSR count). The van der Waals surface area contributed by atoms with Crippen molar-refractivity contribution < 1.29 is 14.6 Å². The second-order valence-electron chi connectivity index (χ2n) is 4.25. The summed E-state index contributed by atoms with van der Waals surface area (Å²) in [4.78, 5) is 0. The highest BCUT2D eigenvalue weighted by Crippen LogP contribution is 2.37. The summed E-state index contributed by atoms with van der Waals surface area (Å²) in [6.07, 6.45) is -0.738. The van der Waals surface area contributed by atoms with Crippen molar-refractivity contribution >= 4 is 0 Å². The lowest BCUT2D eigenvalue weighted by Crippen LogP contribution is -2.13. The molecule has 96 valence electrons. The minimum atomic E-state index is -0.738. The molecule has 4 nitrogen and oxygen atoms in total. The van der Waals surface area contributed by atoms with Crippen LogP contribution in [0.5, 0.6) is 11.5 Å². The van der Waals surface area contributed by atoms with Crippen LogP contribution in [0, 0.1) is 0 Å². The Balaban J connectivity index is 3.37. The van der Waals surface area contributed by atoms with E-state index in [1.165, 1.54) is 0 Å². The molecule has 0 bridgehead atoms. The Morgan fingerprint density at radius 1 is 1.24 bits per heavy atom. The van der Waals surface area contributed by atoms with Crippen LogP contribution < -0.4 is 15.2 Å². The molecule has 0 aliphatic carbocycles. The number of nitrogens with two attached hydrogens (primary N) is 1. The minimum absolute atomic E-state index is 0.154. The average Bonchev–Trinajstić information content (AvgIpc) is 2.35. The number of aliphatic hydroxyl groups excluding tert-OH is 1. The van der Waals surface area contributed by atoms with Crippen molar-refractivity contribution in [3.63, 3.8) is 0 Å². The summed E-state index contributed by atoms with van der Waals surface area (Å²) >= 11 is 0. The SMILES string of the molecule is COc1cc(C(C)C)cc(C(O)CN)c1OC. The number of hydrogen-bond donors (Lipinski definition) is 2. The Kier molecular flexibility index (Phi) is 4.78. The van der Waals surface area contributed by atoms with Gasteiger partial charge in [0.05, 0.1) is 20.3 Å². The molecule has 0 aliphatic rings. The fourth-order valence-electron chi connectivity index (χ4n) is 1.72. The van der Waals surface area contributed by atoms with E-state index in [1.54, 1.807) is 14.2 Å². The van der Waals surface area contributed by atoms with Gasteiger partial charge in [-0.1, -0.05) is 13.8 Å². The van der Waals surface area contributed by atoms with E-state index in [0.717, 1.165) is 5.56 Å². The van der Waals surface area contributed by atoms with E-state index < -0.39 is 6.10 Å². The third-order valence-corrected chi connectivity index (χ3v) is 2.78. The van der Waals surface area contributed by atoms with Crippen LogP contribution in [0.2, 0.25) is 0 Å². The molecule has 0 aromatic heterocycles. The standard InChI is InChI=1S/C13H21NO3/c1-8(2)9-5-10(11(15)7-14)13(17-4)12(6-9)16-3/h5-6,8,11,15H,7,14H2,1-4H3. The van der Waals surface area contributed by atoms with Gasteiger partial charge in [-0.15, -0.1) is 0 Å². The van der Waals surface area contributed by atoms with Gasteiger partial charge in [-0.2, -0.15) is 0 Å². The highest BCUT2D eigenvalue weighted by Gasteiger charge is 2.18. The third-order valence-electron chi connectivity index (χ3n) is 2.78. The molecule has 0 saturated heterocycles. The highest BCUT2D eigenvalue weighted by atomic mass is 16.5. The van der Waals surface area contributed by atoms with Gasteiger partial charge in [-0.05, 0) is 23.6 Å². The summed E-state index contributed by atoms with van der Waals surface area (Å²) < 4.78 is 10.6. The smallest absolute Gasteiger partial charge is 0.166 e. The zero-order chi connectivity index (χ0) is 13.0. The Hall–Kier alpha value is -1.26. The second-order valence-corrected chi connectivity index (χ2v) is 4.25. The lowest BCUT2D eigenvalue weighted by atomic mass is 9.97. The topological polar surface area (TPSA) is 64.7 Å². The predicted molar refractivity (Wildman–Crippen MR) is 67.6 cm³/mol. The Bertz CT molecular complexity index is 377. The quantitative estimate of drug-likeness (QED) is 0.822. The van der Waals surface area contributed by atoms with Gasteiger partial charge in [0.25, 0.3) is 0 Å². The zero-order valence-corrected chi connectivity index (χ0v) is 10.9. The van der Waals surface area contributed by atoms with Gasteiger partial charge in [0.15, 0.2) is 11.5 Å². The lowest BCUT2D eigenvalue weighted by molar-refractivity contribution is 0.181. The molecule has 1 atom stereocenters. The Morgan fingerprint density at radius 3 is 2.29 bits per heavy atom. The minimum Gasteiger partial charge on any atom is -0.493 e. The van der Waals surface area contributed by atoms with Crippen molar-refractivity contribution in [2.45, 2.75) is 25.9 Å². The maximum atomic E-state index is 9.91. The summed E-state index contributed by atoms with van der Waals surface area (Å²) in [5, 5.41) is 9.91. The molecule has 0 aliphatic heterocycles. The van der Waals surface area contributed by atoms with Gasteiger partial charge in [-0.25, -0.2) is 0 Å². The summed E-state index contributed by atoms with van der Waals surface area (Å²) in [5.41, 5.74) is 7.27. The molecule has 1 aromatic rings. The first-order valence-electron chi connectivity index (χ1n) is 5.69. The molecule has 0 heterocycles. The first-order valence-corrected chi connectivity index (χ1v) is 5.69. The fourth-order valence-corrected chi connectivity index (χ4v) is 1.72. The summed E-state index contributed by atoms with van der Waals surface area (Å²) in [6, 6.07) is 3.85. The van der Waals surface area contributed by atoms with E-state index >= 15 is 0 Å². The van der Waals surface area contributed by atoms with Gasteiger partial charge in [0.1, 0.15) is 0 Å². The molecular weight excluding hydrogens is 218 g/mol. The van der Waals surface area contributed by atoms with E-state index in [2.05, 4.69) is 13.8 Å². The van der Waals surface area contributed by atoms with Gasteiger partial charge in [0.2, 0.25) is 0 Å². The van der Waals surface area contributed by atoms with E-state index in [1.807, 2.05) is 12.1 Å². The number of hydrogen-bond acceptors (Lipinski definition) is 4. The van der Waals surface area contributed by atoms with Crippen LogP contribution in [0.25, 0.3) is 0 Å². The van der Waals surface area contributed by atoms with Gasteiger partial charge >= 0.3 is 0 Å². The van der Waals surface area contributed by atoms with Gasteiger partial charge < -0.3 is 20.3 Å². The first kappa shape index (κ1) is 13.8. The molecule has 0 spiro atoms. The molecule has 4 heteroatoms. The molecule has 0 fully saturated rings. The van der Waals surface area contributed by atoms with E-state index in [4.69, 9.17) is 15.2 Å². The fraction of sp³-hybridized carbons (Fsp3) is 0.538. The van der Waals surface area contributed by atoms with E-state index in [-0.39, 0.29) is 6.54 Å². The molecular formula is C13H21NO3. The summed E-state index contributed by atoms with van der Waals surface area (Å²) in [7, 11) is 3.14. The predicted octanol–water partition coefficient (Wildman–Crippen LogP) is 1.82. The number of aliphatic hydroxyl groups is 1. The van der Waals surface area contributed by atoms with Crippen LogP contribution in [0.15, 0.2) is 12.1 Å².